The molecule has 12 heavy (non-hydrogen) atoms. The van der Waals surface area contributed by atoms with Crippen LogP contribution < -0.4 is 10.5 Å². The molecule has 4 N–H and O–H groups in total. The number of anilines is 2. The molecule has 4 heteroatoms. The third-order valence-electron chi connectivity index (χ3n) is 1.50. The van der Waals surface area contributed by atoms with Gasteiger partial charge in [0.05, 0.1) is 5.69 Å². The topological polar surface area (TPSA) is 61.9 Å². The van der Waals surface area contributed by atoms with Crippen LogP contribution in [0.3, 0.4) is 0 Å². The number of nitrogen functional groups attached to an aromatic ring is 1. The highest BCUT2D eigenvalue weighted by molar-refractivity contribution is 7.99. The SMILES string of the molecule is CSNc1cccc(N)c1C=N. The van der Waals surface area contributed by atoms with Crippen molar-refractivity contribution in [2.75, 3.05) is 16.7 Å². The van der Waals surface area contributed by atoms with E-state index in [2.05, 4.69) is 4.72 Å². The lowest BCUT2D eigenvalue weighted by atomic mass is 10.1. The molecule has 0 aliphatic rings. The Kier molecular flexibility index (Phi) is 2.99. The van der Waals surface area contributed by atoms with Gasteiger partial charge in [0.1, 0.15) is 0 Å². The fraction of sp³-hybridized carbons (Fsp3) is 0.125. The molecule has 1 aromatic rings. The van der Waals surface area contributed by atoms with Gasteiger partial charge in [0.25, 0.3) is 0 Å². The Morgan fingerprint density at radius 2 is 2.33 bits per heavy atom. The minimum Gasteiger partial charge on any atom is -0.398 e. The highest BCUT2D eigenvalue weighted by atomic mass is 32.2. The zero-order valence-corrected chi connectivity index (χ0v) is 7.61. The normalized spacial score (nSPS) is 9.42. The van der Waals surface area contributed by atoms with Gasteiger partial charge in [-0.2, -0.15) is 0 Å². The van der Waals surface area contributed by atoms with E-state index in [0.29, 0.717) is 5.69 Å². The molecule has 0 radical (unpaired) electrons. The maximum Gasteiger partial charge on any atom is 0.0549 e. The first-order valence-electron chi connectivity index (χ1n) is 3.47. The molecule has 0 amide bonds. The lowest BCUT2D eigenvalue weighted by molar-refractivity contribution is 1.53. The highest BCUT2D eigenvalue weighted by Crippen LogP contribution is 2.21. The summed E-state index contributed by atoms with van der Waals surface area (Å²) in [6.45, 7) is 0. The second-order valence-electron chi connectivity index (χ2n) is 2.26. The lowest BCUT2D eigenvalue weighted by Crippen LogP contribution is -1.97. The molecule has 0 spiro atoms. The number of benzene rings is 1. The van der Waals surface area contributed by atoms with Gasteiger partial charge >= 0.3 is 0 Å². The van der Waals surface area contributed by atoms with E-state index >= 15 is 0 Å². The maximum atomic E-state index is 7.15. The van der Waals surface area contributed by atoms with Gasteiger partial charge in [-0.05, 0) is 12.1 Å². The fourth-order valence-electron chi connectivity index (χ4n) is 0.943. The predicted octanol–water partition coefficient (Wildman–Crippen LogP) is 1.96. The van der Waals surface area contributed by atoms with Crippen LogP contribution in [0.2, 0.25) is 0 Å². The standard InChI is InChI=1S/C8H11N3S/c1-12-11-8-4-2-3-7(10)6(8)5-9/h2-5,9,11H,10H2,1H3. The molecule has 1 aromatic carbocycles. The molecule has 0 aliphatic carbocycles. The molecule has 0 saturated heterocycles. The van der Waals surface area contributed by atoms with Crippen LogP contribution in [0.25, 0.3) is 0 Å². The minimum absolute atomic E-state index is 0.629. The van der Waals surface area contributed by atoms with E-state index in [4.69, 9.17) is 11.1 Å². The van der Waals surface area contributed by atoms with E-state index in [1.165, 1.54) is 18.2 Å². The Morgan fingerprint density at radius 1 is 1.58 bits per heavy atom. The lowest BCUT2D eigenvalue weighted by Gasteiger charge is -2.07. The van der Waals surface area contributed by atoms with E-state index in [1.54, 1.807) is 6.07 Å². The monoisotopic (exact) mass is 181 g/mol. The number of hydrogen-bond acceptors (Lipinski definition) is 4. The number of rotatable bonds is 3. The third kappa shape index (κ3) is 1.71. The summed E-state index contributed by atoms with van der Waals surface area (Å²) in [6.07, 6.45) is 3.19. The van der Waals surface area contributed by atoms with Crippen LogP contribution in [0.5, 0.6) is 0 Å². The van der Waals surface area contributed by atoms with Crippen molar-refractivity contribution < 1.29 is 0 Å². The van der Waals surface area contributed by atoms with Crippen molar-refractivity contribution in [2.24, 2.45) is 0 Å². The molecule has 0 bridgehead atoms. The zero-order chi connectivity index (χ0) is 8.97. The third-order valence-corrected chi connectivity index (χ3v) is 1.92. The molecule has 3 nitrogen and oxygen atoms in total. The van der Waals surface area contributed by atoms with E-state index < -0.39 is 0 Å². The van der Waals surface area contributed by atoms with Gasteiger partial charge in [0, 0.05) is 23.7 Å². The van der Waals surface area contributed by atoms with Crippen LogP contribution in [0, 0.1) is 5.41 Å². The summed E-state index contributed by atoms with van der Waals surface area (Å²) in [5, 5.41) is 7.15. The largest absolute Gasteiger partial charge is 0.398 e. The number of hydrogen-bond donors (Lipinski definition) is 3. The molecule has 0 aromatic heterocycles. The molecular formula is C8H11N3S. The van der Waals surface area contributed by atoms with Crippen LogP contribution in [0.15, 0.2) is 18.2 Å². The molecular weight excluding hydrogens is 170 g/mol. The van der Waals surface area contributed by atoms with Gasteiger partial charge in [0.15, 0.2) is 0 Å². The van der Waals surface area contributed by atoms with Gasteiger partial charge in [-0.25, -0.2) is 0 Å². The first-order chi connectivity index (χ1) is 5.79. The zero-order valence-electron chi connectivity index (χ0n) is 6.79. The summed E-state index contributed by atoms with van der Waals surface area (Å²) in [6, 6.07) is 5.54. The number of nitrogens with one attached hydrogen (secondary N) is 2. The van der Waals surface area contributed by atoms with Crippen LogP contribution in [0.4, 0.5) is 11.4 Å². The summed E-state index contributed by atoms with van der Waals surface area (Å²) in [7, 11) is 0. The number of nitrogens with two attached hydrogens (primary N) is 1. The summed E-state index contributed by atoms with van der Waals surface area (Å²) >= 11 is 1.48. The van der Waals surface area contributed by atoms with E-state index in [0.717, 1.165) is 11.3 Å². The Hall–Kier alpha value is -1.16. The predicted molar refractivity (Wildman–Crippen MR) is 55.9 cm³/mol. The fourth-order valence-corrected chi connectivity index (χ4v) is 1.34. The maximum absolute atomic E-state index is 7.15. The second kappa shape index (κ2) is 4.01. The van der Waals surface area contributed by atoms with Gasteiger partial charge in [-0.1, -0.05) is 18.0 Å². The summed E-state index contributed by atoms with van der Waals surface area (Å²) in [4.78, 5) is 0. The van der Waals surface area contributed by atoms with Gasteiger partial charge in [-0.3, -0.25) is 0 Å². The van der Waals surface area contributed by atoms with Crippen molar-refractivity contribution in [3.63, 3.8) is 0 Å². The minimum atomic E-state index is 0.629. The summed E-state index contributed by atoms with van der Waals surface area (Å²) in [5.41, 5.74) is 7.92. The molecule has 0 saturated carbocycles. The van der Waals surface area contributed by atoms with Gasteiger partial charge < -0.3 is 15.9 Å². The van der Waals surface area contributed by atoms with Crippen molar-refractivity contribution >= 4 is 29.5 Å². The quantitative estimate of drug-likeness (QED) is 0.379. The van der Waals surface area contributed by atoms with Crippen LogP contribution in [-0.2, 0) is 0 Å². The molecule has 0 aliphatic heterocycles. The Balaban J connectivity index is 3.09. The van der Waals surface area contributed by atoms with Crippen molar-refractivity contribution in [1.29, 1.82) is 5.41 Å². The van der Waals surface area contributed by atoms with Crippen molar-refractivity contribution in [2.45, 2.75) is 0 Å². The first kappa shape index (κ1) is 8.93. The van der Waals surface area contributed by atoms with Crippen LogP contribution in [-0.4, -0.2) is 12.5 Å². The van der Waals surface area contributed by atoms with E-state index in [-0.39, 0.29) is 0 Å². The van der Waals surface area contributed by atoms with Crippen LogP contribution >= 0.6 is 11.9 Å². The molecule has 0 heterocycles. The van der Waals surface area contributed by atoms with Gasteiger partial charge in [-0.15, -0.1) is 0 Å². The van der Waals surface area contributed by atoms with Crippen molar-refractivity contribution in [3.05, 3.63) is 23.8 Å². The van der Waals surface area contributed by atoms with Crippen molar-refractivity contribution in [1.82, 2.24) is 0 Å². The highest BCUT2D eigenvalue weighted by Gasteiger charge is 2.01. The first-order valence-corrected chi connectivity index (χ1v) is 4.70. The van der Waals surface area contributed by atoms with Crippen LogP contribution in [0.1, 0.15) is 5.56 Å². The van der Waals surface area contributed by atoms with Gasteiger partial charge in [0.2, 0.25) is 0 Å². The average molecular weight is 181 g/mol. The molecule has 0 fully saturated rings. The van der Waals surface area contributed by atoms with Crippen molar-refractivity contribution in [3.8, 4) is 0 Å². The molecule has 0 unspecified atom stereocenters. The Morgan fingerprint density at radius 3 is 2.92 bits per heavy atom. The summed E-state index contributed by atoms with van der Waals surface area (Å²) < 4.78 is 3.05. The molecule has 0 atom stereocenters. The summed E-state index contributed by atoms with van der Waals surface area (Å²) in [5.74, 6) is 0. The smallest absolute Gasteiger partial charge is 0.0549 e. The molecule has 64 valence electrons. The van der Waals surface area contributed by atoms with E-state index in [9.17, 15) is 0 Å². The Bertz CT molecular complexity index is 286. The second-order valence-corrected chi connectivity index (χ2v) is 2.87. The average Bonchev–Trinajstić information content (AvgIpc) is 2.05. The van der Waals surface area contributed by atoms with E-state index in [1.807, 2.05) is 18.4 Å². The molecule has 1 rings (SSSR count). The Labute approximate surface area is 76.0 Å².